The predicted octanol–water partition coefficient (Wildman–Crippen LogP) is 3.13. The van der Waals surface area contributed by atoms with Crippen LogP contribution in [0.1, 0.15) is 26.5 Å². The van der Waals surface area contributed by atoms with E-state index in [1.54, 1.807) is 6.20 Å². The van der Waals surface area contributed by atoms with E-state index in [2.05, 4.69) is 42.3 Å². The van der Waals surface area contributed by atoms with Gasteiger partial charge in [0, 0.05) is 6.20 Å². The summed E-state index contributed by atoms with van der Waals surface area (Å²) in [5, 5.41) is 4.29. The summed E-state index contributed by atoms with van der Waals surface area (Å²) >= 11 is 0. The van der Waals surface area contributed by atoms with Crippen molar-refractivity contribution in [3.8, 4) is 11.5 Å². The summed E-state index contributed by atoms with van der Waals surface area (Å²) in [6, 6.07) is 7.50. The second-order valence-electron chi connectivity index (χ2n) is 4.53. The van der Waals surface area contributed by atoms with Crippen LogP contribution in [0.15, 0.2) is 24.5 Å². The second kappa shape index (κ2) is 5.36. The molecule has 0 radical (unpaired) electrons. The van der Waals surface area contributed by atoms with Gasteiger partial charge in [0.05, 0.1) is 6.20 Å². The fourth-order valence-corrected chi connectivity index (χ4v) is 4.55. The van der Waals surface area contributed by atoms with Gasteiger partial charge in [0.2, 0.25) is 0 Å². The monoisotopic (exact) mass is 257 g/mol. The lowest BCUT2D eigenvalue weighted by Gasteiger charge is -2.19. The lowest BCUT2D eigenvalue weighted by molar-refractivity contribution is 0.923. The highest BCUT2D eigenvalue weighted by Gasteiger charge is 2.24. The van der Waals surface area contributed by atoms with Crippen molar-refractivity contribution in [2.45, 2.75) is 38.9 Å². The fourth-order valence-electron chi connectivity index (χ4n) is 2.13. The van der Waals surface area contributed by atoms with Crippen molar-refractivity contribution < 1.29 is 0 Å². The molecule has 2 aromatic heterocycles. The largest absolute Gasteiger partial charge is 0.234 e. The van der Waals surface area contributed by atoms with E-state index >= 15 is 0 Å². The van der Waals surface area contributed by atoms with Crippen molar-refractivity contribution in [1.29, 1.82) is 0 Å². The Morgan fingerprint density at radius 2 is 1.94 bits per heavy atom. The van der Waals surface area contributed by atoms with Gasteiger partial charge in [-0.05, 0) is 30.3 Å². The Hall–Kier alpha value is -1.60. The van der Waals surface area contributed by atoms with Gasteiger partial charge >= 0.3 is 0 Å². The van der Waals surface area contributed by atoms with Gasteiger partial charge in [-0.2, -0.15) is 5.10 Å². The summed E-state index contributed by atoms with van der Waals surface area (Å²) in [6.07, 6.45) is 3.58. The molecule has 0 unspecified atom stereocenters. The minimum absolute atomic E-state index is 0.860. The van der Waals surface area contributed by atoms with E-state index in [4.69, 9.17) is 0 Å². The maximum atomic E-state index is 4.31. The van der Waals surface area contributed by atoms with Crippen LogP contribution in [-0.2, 0) is 0 Å². The molecule has 2 aromatic rings. The van der Waals surface area contributed by atoms with E-state index in [1.165, 1.54) is 18.1 Å². The highest BCUT2D eigenvalue weighted by molar-refractivity contribution is 6.87. The van der Waals surface area contributed by atoms with Crippen molar-refractivity contribution in [3.05, 3.63) is 30.2 Å². The van der Waals surface area contributed by atoms with Crippen LogP contribution in [0.25, 0.3) is 5.65 Å². The molecule has 0 bridgehead atoms. The summed E-state index contributed by atoms with van der Waals surface area (Å²) in [5.41, 5.74) is 5.33. The van der Waals surface area contributed by atoms with Gasteiger partial charge in [0.15, 0.2) is 5.65 Å². The number of hydrogen-bond acceptors (Lipinski definition) is 2. The molecular weight excluding hydrogens is 238 g/mol. The van der Waals surface area contributed by atoms with Crippen molar-refractivity contribution in [2.24, 2.45) is 0 Å². The van der Waals surface area contributed by atoms with Gasteiger partial charge in [-0.25, -0.2) is 9.50 Å². The second-order valence-corrected chi connectivity index (χ2v) is 9.46. The van der Waals surface area contributed by atoms with Crippen molar-refractivity contribution in [3.63, 3.8) is 0 Å². The Kier molecular flexibility index (Phi) is 3.83. The van der Waals surface area contributed by atoms with Gasteiger partial charge in [0.1, 0.15) is 13.8 Å². The Labute approximate surface area is 109 Å². The highest BCUT2D eigenvalue weighted by atomic mass is 28.3. The molecule has 2 heterocycles. The first-order valence-electron chi connectivity index (χ1n) is 6.56. The molecule has 0 aliphatic heterocycles. The number of hydrogen-bond donors (Lipinski definition) is 0. The third-order valence-electron chi connectivity index (χ3n) is 3.76. The molecule has 0 aromatic carbocycles. The van der Waals surface area contributed by atoms with Crippen molar-refractivity contribution in [2.75, 3.05) is 0 Å². The van der Waals surface area contributed by atoms with E-state index in [9.17, 15) is 0 Å². The smallest absolute Gasteiger partial charge is 0.154 e. The highest BCUT2D eigenvalue weighted by Crippen LogP contribution is 2.19. The molecule has 0 atom stereocenters. The molecule has 0 amide bonds. The summed E-state index contributed by atoms with van der Waals surface area (Å²) < 4.78 is 1.81. The summed E-state index contributed by atoms with van der Waals surface area (Å²) in [7, 11) is -1.39. The number of nitrogens with zero attached hydrogens (tertiary/aromatic N) is 3. The number of imidazole rings is 1. The first kappa shape index (κ1) is 12.8. The number of aromatic nitrogens is 3. The Balaban J connectivity index is 2.40. The third kappa shape index (κ3) is 2.32. The minimum Gasteiger partial charge on any atom is -0.234 e. The van der Waals surface area contributed by atoms with Crippen LogP contribution in [0.3, 0.4) is 0 Å². The maximum absolute atomic E-state index is 4.31. The van der Waals surface area contributed by atoms with Gasteiger partial charge in [-0.3, -0.25) is 0 Å². The average Bonchev–Trinajstić information content (AvgIpc) is 2.85. The topological polar surface area (TPSA) is 30.2 Å². The van der Waals surface area contributed by atoms with Crippen LogP contribution in [0, 0.1) is 11.5 Å². The molecule has 0 aliphatic rings. The standard InChI is InChI=1S/C14H19N3Si/c1-4-18(5-2,6-3)11-9-13-12-15-14-8-7-10-16-17(13)14/h7-8,10,12H,4-6H2,1-3H3. The van der Waals surface area contributed by atoms with Crippen LogP contribution in [0.2, 0.25) is 18.1 Å². The molecule has 0 saturated carbocycles. The summed E-state index contributed by atoms with van der Waals surface area (Å²) in [5.74, 6) is 3.31. The van der Waals surface area contributed by atoms with Crippen LogP contribution in [-0.4, -0.2) is 22.7 Å². The maximum Gasteiger partial charge on any atom is 0.154 e. The molecule has 0 aliphatic carbocycles. The first-order chi connectivity index (χ1) is 8.74. The van der Waals surface area contributed by atoms with E-state index in [-0.39, 0.29) is 0 Å². The molecule has 0 fully saturated rings. The van der Waals surface area contributed by atoms with Gasteiger partial charge in [0.25, 0.3) is 0 Å². The molecule has 2 rings (SSSR count). The van der Waals surface area contributed by atoms with Crippen LogP contribution >= 0.6 is 0 Å². The van der Waals surface area contributed by atoms with Gasteiger partial charge < -0.3 is 0 Å². The number of rotatable bonds is 3. The van der Waals surface area contributed by atoms with E-state index < -0.39 is 8.07 Å². The molecule has 0 N–H and O–H groups in total. The molecule has 0 spiro atoms. The molecule has 4 heteroatoms. The molecule has 94 valence electrons. The number of fused-ring (bicyclic) bond motifs is 1. The molecular formula is C14H19N3Si. The Bertz CT molecular complexity index is 579. The zero-order valence-electron chi connectivity index (χ0n) is 11.3. The van der Waals surface area contributed by atoms with Gasteiger partial charge in [-0.15, -0.1) is 5.54 Å². The third-order valence-corrected chi connectivity index (χ3v) is 8.48. The zero-order valence-corrected chi connectivity index (χ0v) is 12.3. The van der Waals surface area contributed by atoms with E-state index in [1.807, 2.05) is 22.8 Å². The summed E-state index contributed by atoms with van der Waals surface area (Å²) in [4.78, 5) is 4.31. The SMILES string of the molecule is CC[Si](C#Cc1cnc2cccnn12)(CC)CC. The Morgan fingerprint density at radius 3 is 2.61 bits per heavy atom. The zero-order chi connectivity index (χ0) is 13.0. The lowest BCUT2D eigenvalue weighted by Crippen LogP contribution is -2.29. The first-order valence-corrected chi connectivity index (χ1v) is 9.18. The van der Waals surface area contributed by atoms with Gasteiger partial charge in [-0.1, -0.05) is 26.7 Å². The van der Waals surface area contributed by atoms with Crippen LogP contribution < -0.4 is 0 Å². The molecule has 3 nitrogen and oxygen atoms in total. The average molecular weight is 257 g/mol. The molecule has 18 heavy (non-hydrogen) atoms. The molecule has 0 saturated heterocycles. The predicted molar refractivity (Wildman–Crippen MR) is 77.1 cm³/mol. The Morgan fingerprint density at radius 1 is 1.22 bits per heavy atom. The quantitative estimate of drug-likeness (QED) is 0.624. The lowest BCUT2D eigenvalue weighted by atomic mass is 10.5. The summed E-state index contributed by atoms with van der Waals surface area (Å²) in [6.45, 7) is 6.79. The van der Waals surface area contributed by atoms with Crippen LogP contribution in [0.4, 0.5) is 0 Å². The van der Waals surface area contributed by atoms with Crippen LogP contribution in [0.5, 0.6) is 0 Å². The fraction of sp³-hybridized carbons (Fsp3) is 0.429. The van der Waals surface area contributed by atoms with Crippen molar-refractivity contribution in [1.82, 2.24) is 14.6 Å². The van der Waals surface area contributed by atoms with E-state index in [0.29, 0.717) is 0 Å². The van der Waals surface area contributed by atoms with Crippen molar-refractivity contribution >= 4 is 13.7 Å². The normalized spacial score (nSPS) is 11.3. The van der Waals surface area contributed by atoms with E-state index in [0.717, 1.165) is 11.3 Å². The minimum atomic E-state index is -1.39.